The van der Waals surface area contributed by atoms with Crippen LogP contribution >= 0.6 is 0 Å². The molecule has 0 amide bonds. The SMILES string of the molecule is CCOC(=O)C1(Oc2cccc(CNCCCn3c(CCOC)nc4c(N)nc5ccccc5c43)c2)CCC1. The van der Waals surface area contributed by atoms with Crippen LogP contribution in [-0.2, 0) is 33.8 Å². The molecular weight excluding hydrogens is 494 g/mol. The van der Waals surface area contributed by atoms with Gasteiger partial charge in [0.1, 0.15) is 17.1 Å². The summed E-state index contributed by atoms with van der Waals surface area (Å²) in [6, 6.07) is 16.0. The number of aromatic nitrogens is 3. The van der Waals surface area contributed by atoms with Crippen LogP contribution in [0.2, 0.25) is 0 Å². The van der Waals surface area contributed by atoms with E-state index in [0.717, 1.165) is 59.3 Å². The number of pyridine rings is 1. The summed E-state index contributed by atoms with van der Waals surface area (Å²) in [4.78, 5) is 21.9. The van der Waals surface area contributed by atoms with Crippen LogP contribution in [0.1, 0.15) is 44.0 Å². The van der Waals surface area contributed by atoms with Crippen LogP contribution in [0.3, 0.4) is 0 Å². The first-order valence-corrected chi connectivity index (χ1v) is 13.7. The number of nitrogens with two attached hydrogens (primary N) is 1. The van der Waals surface area contributed by atoms with Crippen LogP contribution in [0.25, 0.3) is 21.9 Å². The highest BCUT2D eigenvalue weighted by molar-refractivity contribution is 6.06. The number of fused-ring (bicyclic) bond motifs is 3. The lowest BCUT2D eigenvalue weighted by molar-refractivity contribution is -0.169. The quantitative estimate of drug-likeness (QED) is 0.193. The third kappa shape index (κ3) is 5.69. The Morgan fingerprint density at radius 2 is 2.00 bits per heavy atom. The monoisotopic (exact) mass is 531 g/mol. The Morgan fingerprint density at radius 3 is 2.77 bits per heavy atom. The number of nitrogens with zero attached hydrogens (tertiary/aromatic N) is 3. The fourth-order valence-corrected chi connectivity index (χ4v) is 5.18. The average molecular weight is 532 g/mol. The molecule has 3 N–H and O–H groups in total. The van der Waals surface area contributed by atoms with E-state index in [2.05, 4.69) is 27.0 Å². The van der Waals surface area contributed by atoms with Crippen molar-refractivity contribution in [1.29, 1.82) is 0 Å². The lowest BCUT2D eigenvalue weighted by Gasteiger charge is -2.39. The number of hydrogen-bond acceptors (Lipinski definition) is 8. The van der Waals surface area contributed by atoms with Gasteiger partial charge in [-0.25, -0.2) is 14.8 Å². The van der Waals surface area contributed by atoms with E-state index < -0.39 is 5.60 Å². The van der Waals surface area contributed by atoms with Gasteiger partial charge in [0, 0.05) is 32.0 Å². The molecule has 2 heterocycles. The van der Waals surface area contributed by atoms with Crippen LogP contribution < -0.4 is 15.8 Å². The fourth-order valence-electron chi connectivity index (χ4n) is 5.18. The van der Waals surface area contributed by atoms with Gasteiger partial charge < -0.3 is 29.8 Å². The Hall–Kier alpha value is -3.69. The Bertz CT molecular complexity index is 1450. The number of carbonyl (C=O) groups excluding carboxylic acids is 1. The molecule has 1 aliphatic carbocycles. The largest absolute Gasteiger partial charge is 0.476 e. The van der Waals surface area contributed by atoms with Crippen molar-refractivity contribution in [3.8, 4) is 5.75 Å². The van der Waals surface area contributed by atoms with Crippen LogP contribution in [0.5, 0.6) is 5.75 Å². The Kier molecular flexibility index (Phi) is 8.28. The minimum Gasteiger partial charge on any atom is -0.476 e. The first kappa shape index (κ1) is 26.9. The number of nitrogens with one attached hydrogen (secondary N) is 1. The summed E-state index contributed by atoms with van der Waals surface area (Å²) in [6.07, 6.45) is 3.97. The lowest BCUT2D eigenvalue weighted by atomic mass is 9.80. The Morgan fingerprint density at radius 1 is 1.15 bits per heavy atom. The number of ether oxygens (including phenoxy) is 3. The lowest BCUT2D eigenvalue weighted by Crippen LogP contribution is -2.51. The highest BCUT2D eigenvalue weighted by atomic mass is 16.6. The summed E-state index contributed by atoms with van der Waals surface area (Å²) in [7, 11) is 1.70. The van der Waals surface area contributed by atoms with Crippen LogP contribution in [0.15, 0.2) is 48.5 Å². The van der Waals surface area contributed by atoms with Gasteiger partial charge in [-0.3, -0.25) is 0 Å². The molecule has 0 atom stereocenters. The van der Waals surface area contributed by atoms with Crippen LogP contribution in [0.4, 0.5) is 5.82 Å². The van der Waals surface area contributed by atoms with Crippen molar-refractivity contribution in [2.45, 2.75) is 57.7 Å². The molecule has 2 aromatic carbocycles. The number of rotatable bonds is 13. The van der Waals surface area contributed by atoms with E-state index in [1.165, 1.54) is 0 Å². The smallest absolute Gasteiger partial charge is 0.350 e. The summed E-state index contributed by atoms with van der Waals surface area (Å²) in [5, 5.41) is 4.59. The first-order valence-electron chi connectivity index (χ1n) is 13.7. The number of benzene rings is 2. The van der Waals surface area contributed by atoms with Gasteiger partial charge in [-0.15, -0.1) is 0 Å². The van der Waals surface area contributed by atoms with E-state index in [4.69, 9.17) is 24.9 Å². The number of anilines is 1. The van der Waals surface area contributed by atoms with Gasteiger partial charge >= 0.3 is 5.97 Å². The predicted molar refractivity (Wildman–Crippen MR) is 152 cm³/mol. The van der Waals surface area contributed by atoms with Gasteiger partial charge in [-0.1, -0.05) is 30.3 Å². The highest BCUT2D eigenvalue weighted by Crippen LogP contribution is 2.38. The van der Waals surface area contributed by atoms with Gasteiger partial charge in [0.15, 0.2) is 5.82 Å². The molecule has 4 aromatic rings. The second-order valence-corrected chi connectivity index (χ2v) is 9.98. The maximum Gasteiger partial charge on any atom is 0.350 e. The number of carbonyl (C=O) groups is 1. The molecule has 1 aliphatic rings. The van der Waals surface area contributed by atoms with E-state index >= 15 is 0 Å². The zero-order valence-electron chi connectivity index (χ0n) is 22.7. The number of esters is 1. The second-order valence-electron chi connectivity index (χ2n) is 9.98. The minimum absolute atomic E-state index is 0.262. The number of para-hydroxylation sites is 1. The molecule has 1 fully saturated rings. The zero-order valence-corrected chi connectivity index (χ0v) is 22.7. The van der Waals surface area contributed by atoms with Crippen molar-refractivity contribution < 1.29 is 19.0 Å². The van der Waals surface area contributed by atoms with E-state index in [0.29, 0.717) is 50.6 Å². The molecule has 9 nitrogen and oxygen atoms in total. The van der Waals surface area contributed by atoms with Crippen LogP contribution in [0, 0.1) is 0 Å². The fraction of sp³-hybridized carbons (Fsp3) is 0.433. The highest BCUT2D eigenvalue weighted by Gasteiger charge is 2.48. The molecule has 9 heteroatoms. The van der Waals surface area contributed by atoms with E-state index in [9.17, 15) is 4.79 Å². The molecule has 0 bridgehead atoms. The summed E-state index contributed by atoms with van der Waals surface area (Å²) < 4.78 is 19.0. The number of nitrogen functional groups attached to an aromatic ring is 1. The predicted octanol–water partition coefficient (Wildman–Crippen LogP) is 4.40. The third-order valence-corrected chi connectivity index (χ3v) is 7.30. The molecule has 0 unspecified atom stereocenters. The van der Waals surface area contributed by atoms with Gasteiger partial charge in [0.25, 0.3) is 0 Å². The summed E-state index contributed by atoms with van der Waals surface area (Å²) in [6.45, 7) is 5.08. The Labute approximate surface area is 228 Å². The van der Waals surface area contributed by atoms with Gasteiger partial charge in [-0.2, -0.15) is 0 Å². The van der Waals surface area contributed by atoms with E-state index in [1.807, 2.05) is 43.3 Å². The van der Waals surface area contributed by atoms with Crippen LogP contribution in [-0.4, -0.2) is 53.0 Å². The van der Waals surface area contributed by atoms with Crippen molar-refractivity contribution in [3.05, 3.63) is 59.9 Å². The van der Waals surface area contributed by atoms with Gasteiger partial charge in [0.2, 0.25) is 5.60 Å². The third-order valence-electron chi connectivity index (χ3n) is 7.30. The molecular formula is C30H37N5O4. The molecule has 0 radical (unpaired) electrons. The van der Waals surface area contributed by atoms with Gasteiger partial charge in [-0.05, 0) is 62.9 Å². The van der Waals surface area contributed by atoms with Gasteiger partial charge in [0.05, 0.1) is 24.2 Å². The molecule has 1 saturated carbocycles. The first-order chi connectivity index (χ1) is 19.0. The maximum atomic E-state index is 12.4. The summed E-state index contributed by atoms with van der Waals surface area (Å²) in [5.74, 6) is 1.84. The molecule has 206 valence electrons. The molecule has 5 rings (SSSR count). The van der Waals surface area contributed by atoms with Crippen molar-refractivity contribution >= 4 is 33.7 Å². The number of aryl methyl sites for hydroxylation is 1. The average Bonchev–Trinajstić information content (AvgIpc) is 3.29. The van der Waals surface area contributed by atoms with E-state index in [-0.39, 0.29) is 5.97 Å². The number of imidazole rings is 1. The molecule has 39 heavy (non-hydrogen) atoms. The minimum atomic E-state index is -0.834. The molecule has 0 saturated heterocycles. The molecule has 2 aromatic heterocycles. The van der Waals surface area contributed by atoms with Crippen molar-refractivity contribution in [3.63, 3.8) is 0 Å². The molecule has 0 spiro atoms. The zero-order chi connectivity index (χ0) is 27.2. The topological polar surface area (TPSA) is 114 Å². The second kappa shape index (κ2) is 12.0. The van der Waals surface area contributed by atoms with Crippen molar-refractivity contribution in [2.75, 3.05) is 32.6 Å². The molecule has 0 aliphatic heterocycles. The van der Waals surface area contributed by atoms with Crippen molar-refractivity contribution in [2.24, 2.45) is 0 Å². The normalized spacial score (nSPS) is 14.4. The summed E-state index contributed by atoms with van der Waals surface area (Å²) >= 11 is 0. The van der Waals surface area contributed by atoms with E-state index in [1.54, 1.807) is 7.11 Å². The maximum absolute atomic E-state index is 12.4. The van der Waals surface area contributed by atoms with Crippen molar-refractivity contribution in [1.82, 2.24) is 19.9 Å². The number of methoxy groups -OCH3 is 1. The Balaban J connectivity index is 1.23. The summed E-state index contributed by atoms with van der Waals surface area (Å²) in [5.41, 5.74) is 9.21. The number of hydrogen-bond donors (Lipinski definition) is 2. The standard InChI is InChI=1S/C30H37N5O4/c1-3-38-29(36)30(14-7-15-30)39-22-10-6-9-21(19-22)20-32-16-8-17-35-25(13-18-37-2)34-26-27(35)23-11-4-5-12-24(23)33-28(26)31/h4-6,9-12,19,32H,3,7-8,13-18,20H2,1-2H3,(H2,31,33).